The Balaban J connectivity index is 2.24. The molecule has 2 nitrogen and oxygen atoms in total. The van der Waals surface area contributed by atoms with Crippen LogP contribution in [0.25, 0.3) is 0 Å². The van der Waals surface area contributed by atoms with Gasteiger partial charge in [0, 0.05) is 0 Å². The molecule has 0 aromatic heterocycles. The minimum atomic E-state index is -0.269. The van der Waals surface area contributed by atoms with Crippen LogP contribution >= 0.6 is 0 Å². The van der Waals surface area contributed by atoms with Crippen molar-refractivity contribution >= 4 is 5.97 Å². The molecule has 0 N–H and O–H groups in total. The number of carbonyl (C=O) groups excluding carboxylic acids is 1. The van der Waals surface area contributed by atoms with Crippen LogP contribution in [0.1, 0.15) is 83.5 Å². The topological polar surface area (TPSA) is 26.3 Å². The van der Waals surface area contributed by atoms with Crippen LogP contribution < -0.4 is 0 Å². The fourth-order valence-electron chi connectivity index (χ4n) is 2.90. The summed E-state index contributed by atoms with van der Waals surface area (Å²) in [6, 6.07) is 9.11. The molecule has 0 aliphatic heterocycles. The zero-order chi connectivity index (χ0) is 21.5. The smallest absolute Gasteiger partial charge is 0.338 e. The summed E-state index contributed by atoms with van der Waals surface area (Å²) in [5, 5.41) is 0. The molecule has 2 heteroatoms. The predicted molar refractivity (Wildman–Crippen MR) is 125 cm³/mol. The Morgan fingerprint density at radius 3 is 1.72 bits per heavy atom. The van der Waals surface area contributed by atoms with Crippen LogP contribution in [0.2, 0.25) is 0 Å². The van der Waals surface area contributed by atoms with Crippen LogP contribution in [0, 0.1) is 0 Å². The standard InChI is InChI=1S/C27H38O2/c1-22(2)12-9-13-23(3)14-10-15-24(4)16-11-17-25(5)20-21-29-27(28)26-18-7-6-8-19-26/h6-8,12,14,16,18-20H,9-11,13,15,17,21H2,1-5H3/b23-14+,24-16+,25-20+. The second-order valence-electron chi connectivity index (χ2n) is 8.01. The summed E-state index contributed by atoms with van der Waals surface area (Å²) in [7, 11) is 0. The Hall–Kier alpha value is -2.35. The maximum atomic E-state index is 11.9. The van der Waals surface area contributed by atoms with Gasteiger partial charge in [-0.2, -0.15) is 0 Å². The van der Waals surface area contributed by atoms with E-state index in [4.69, 9.17) is 4.74 Å². The van der Waals surface area contributed by atoms with Gasteiger partial charge in [0.1, 0.15) is 6.61 Å². The Morgan fingerprint density at radius 1 is 0.724 bits per heavy atom. The molecular formula is C27H38O2. The Morgan fingerprint density at radius 2 is 1.21 bits per heavy atom. The molecule has 0 bridgehead atoms. The third kappa shape index (κ3) is 12.7. The first-order valence-corrected chi connectivity index (χ1v) is 10.7. The minimum absolute atomic E-state index is 0.269. The second-order valence-corrected chi connectivity index (χ2v) is 8.01. The molecule has 0 unspecified atom stereocenters. The molecule has 0 heterocycles. The molecule has 0 aliphatic carbocycles. The number of allylic oxidation sites excluding steroid dienone is 7. The van der Waals surface area contributed by atoms with Crippen LogP contribution in [-0.2, 0) is 4.74 Å². The monoisotopic (exact) mass is 394 g/mol. The number of hydrogen-bond acceptors (Lipinski definition) is 2. The molecule has 0 spiro atoms. The first-order valence-electron chi connectivity index (χ1n) is 10.7. The van der Waals surface area contributed by atoms with Gasteiger partial charge in [-0.25, -0.2) is 4.79 Å². The van der Waals surface area contributed by atoms with Crippen molar-refractivity contribution in [1.82, 2.24) is 0 Å². The molecule has 0 aliphatic rings. The van der Waals surface area contributed by atoms with E-state index in [1.165, 1.54) is 22.3 Å². The van der Waals surface area contributed by atoms with E-state index < -0.39 is 0 Å². The molecule has 0 saturated heterocycles. The van der Waals surface area contributed by atoms with Gasteiger partial charge in [-0.1, -0.05) is 58.7 Å². The van der Waals surface area contributed by atoms with E-state index in [-0.39, 0.29) is 5.97 Å². The van der Waals surface area contributed by atoms with Crippen LogP contribution in [0.3, 0.4) is 0 Å². The maximum absolute atomic E-state index is 11.9. The van der Waals surface area contributed by atoms with Crippen molar-refractivity contribution in [3.63, 3.8) is 0 Å². The van der Waals surface area contributed by atoms with Crippen LogP contribution in [0.4, 0.5) is 0 Å². The lowest BCUT2D eigenvalue weighted by molar-refractivity contribution is 0.0549. The van der Waals surface area contributed by atoms with E-state index in [9.17, 15) is 4.79 Å². The molecule has 0 amide bonds. The third-order valence-electron chi connectivity index (χ3n) is 4.81. The Bertz CT molecular complexity index is 729. The second kappa shape index (κ2) is 14.6. The van der Waals surface area contributed by atoms with Crippen molar-refractivity contribution in [2.24, 2.45) is 0 Å². The highest BCUT2D eigenvalue weighted by molar-refractivity contribution is 5.89. The summed E-state index contributed by atoms with van der Waals surface area (Å²) in [5.74, 6) is -0.269. The highest BCUT2D eigenvalue weighted by atomic mass is 16.5. The van der Waals surface area contributed by atoms with Crippen LogP contribution in [0.5, 0.6) is 0 Å². The van der Waals surface area contributed by atoms with Crippen molar-refractivity contribution in [2.75, 3.05) is 6.61 Å². The molecule has 1 aromatic rings. The fraction of sp³-hybridized carbons (Fsp3) is 0.444. The molecule has 1 rings (SSSR count). The Labute approximate surface area is 178 Å². The summed E-state index contributed by atoms with van der Waals surface area (Å²) in [6.07, 6.45) is 15.6. The molecule has 158 valence electrons. The first-order chi connectivity index (χ1) is 13.9. The summed E-state index contributed by atoms with van der Waals surface area (Å²) in [4.78, 5) is 11.9. The van der Waals surface area contributed by atoms with Crippen molar-refractivity contribution in [1.29, 1.82) is 0 Å². The highest BCUT2D eigenvalue weighted by Crippen LogP contribution is 2.13. The molecule has 0 atom stereocenters. The maximum Gasteiger partial charge on any atom is 0.338 e. The summed E-state index contributed by atoms with van der Waals surface area (Å²) in [6.45, 7) is 11.2. The number of benzene rings is 1. The minimum Gasteiger partial charge on any atom is -0.458 e. The predicted octanol–water partition coefficient (Wildman–Crippen LogP) is 7.99. The van der Waals surface area contributed by atoms with Gasteiger partial charge in [-0.15, -0.1) is 0 Å². The molecule has 0 saturated carbocycles. The summed E-state index contributed by atoms with van der Waals surface area (Å²) < 4.78 is 5.30. The largest absolute Gasteiger partial charge is 0.458 e. The van der Waals surface area contributed by atoms with E-state index >= 15 is 0 Å². The van der Waals surface area contributed by atoms with Gasteiger partial charge in [-0.3, -0.25) is 0 Å². The molecular weight excluding hydrogens is 356 g/mol. The highest BCUT2D eigenvalue weighted by Gasteiger charge is 2.04. The average molecular weight is 395 g/mol. The van der Waals surface area contributed by atoms with Gasteiger partial charge in [0.05, 0.1) is 5.56 Å². The fourth-order valence-corrected chi connectivity index (χ4v) is 2.90. The normalized spacial score (nSPS) is 12.7. The van der Waals surface area contributed by atoms with Gasteiger partial charge in [0.15, 0.2) is 0 Å². The average Bonchev–Trinajstić information content (AvgIpc) is 2.68. The number of esters is 1. The lowest BCUT2D eigenvalue weighted by Gasteiger charge is -2.04. The van der Waals surface area contributed by atoms with E-state index in [0.29, 0.717) is 12.2 Å². The van der Waals surface area contributed by atoms with E-state index in [0.717, 1.165) is 38.5 Å². The van der Waals surface area contributed by atoms with Gasteiger partial charge < -0.3 is 4.74 Å². The number of ether oxygens (including phenoxy) is 1. The van der Waals surface area contributed by atoms with Gasteiger partial charge in [0.25, 0.3) is 0 Å². The van der Waals surface area contributed by atoms with Gasteiger partial charge in [-0.05, 0) is 91.4 Å². The molecule has 29 heavy (non-hydrogen) atoms. The van der Waals surface area contributed by atoms with Gasteiger partial charge >= 0.3 is 5.97 Å². The van der Waals surface area contributed by atoms with Crippen LogP contribution in [-0.4, -0.2) is 12.6 Å². The lowest BCUT2D eigenvalue weighted by Crippen LogP contribution is -2.04. The molecule has 0 radical (unpaired) electrons. The van der Waals surface area contributed by atoms with Gasteiger partial charge in [0.2, 0.25) is 0 Å². The van der Waals surface area contributed by atoms with Crippen molar-refractivity contribution in [3.05, 3.63) is 82.5 Å². The van der Waals surface area contributed by atoms with E-state index in [2.05, 4.69) is 52.8 Å². The number of hydrogen-bond donors (Lipinski definition) is 0. The van der Waals surface area contributed by atoms with Crippen molar-refractivity contribution in [3.8, 4) is 0 Å². The zero-order valence-electron chi connectivity index (χ0n) is 19.0. The third-order valence-corrected chi connectivity index (χ3v) is 4.81. The Kier molecular flexibility index (Phi) is 12.4. The zero-order valence-corrected chi connectivity index (χ0v) is 19.0. The molecule has 1 aromatic carbocycles. The quantitative estimate of drug-likeness (QED) is 0.265. The summed E-state index contributed by atoms with van der Waals surface area (Å²) in [5.41, 5.74) is 6.18. The van der Waals surface area contributed by atoms with Crippen molar-refractivity contribution < 1.29 is 9.53 Å². The number of carbonyl (C=O) groups is 1. The SMILES string of the molecule is CC(C)=CCC/C(C)=C/CC/C(C)=C/CC/C(C)=C/COC(=O)c1ccccc1. The first kappa shape index (κ1) is 24.7. The number of rotatable bonds is 12. The summed E-state index contributed by atoms with van der Waals surface area (Å²) >= 11 is 0. The van der Waals surface area contributed by atoms with Crippen LogP contribution in [0.15, 0.2) is 76.9 Å². The lowest BCUT2D eigenvalue weighted by atomic mass is 10.0. The molecule has 0 fully saturated rings. The van der Waals surface area contributed by atoms with Crippen molar-refractivity contribution in [2.45, 2.75) is 73.1 Å². The van der Waals surface area contributed by atoms with E-state index in [1.54, 1.807) is 12.1 Å². The van der Waals surface area contributed by atoms with E-state index in [1.807, 2.05) is 24.3 Å².